The second-order valence-corrected chi connectivity index (χ2v) is 9.41. The molecular weight excluding hydrogens is 479 g/mol. The number of aromatic nitrogens is 2. The molecule has 0 spiro atoms. The maximum absolute atomic E-state index is 11.8. The van der Waals surface area contributed by atoms with Crippen molar-refractivity contribution in [2.75, 3.05) is 32.4 Å². The largest absolute Gasteiger partial charge is 0.355 e. The zero-order valence-corrected chi connectivity index (χ0v) is 19.5. The summed E-state index contributed by atoms with van der Waals surface area (Å²) in [5.41, 5.74) is 2.51. The Bertz CT molecular complexity index is 761. The Hall–Kier alpha value is -0.880. The normalized spacial score (nSPS) is 22.4. The van der Waals surface area contributed by atoms with Gasteiger partial charge in [-0.1, -0.05) is 0 Å². The van der Waals surface area contributed by atoms with Gasteiger partial charge in [-0.3, -0.25) is 9.67 Å². The van der Waals surface area contributed by atoms with Crippen molar-refractivity contribution < 1.29 is 8.42 Å². The highest BCUT2D eigenvalue weighted by Crippen LogP contribution is 2.21. The maximum atomic E-state index is 11.8. The van der Waals surface area contributed by atoms with Gasteiger partial charge in [-0.25, -0.2) is 12.7 Å². The van der Waals surface area contributed by atoms with E-state index in [2.05, 4.69) is 35.7 Å². The van der Waals surface area contributed by atoms with E-state index in [1.165, 1.54) is 11.3 Å². The minimum absolute atomic E-state index is 0. The summed E-state index contributed by atoms with van der Waals surface area (Å²) in [5, 5.41) is 11.4. The summed E-state index contributed by atoms with van der Waals surface area (Å²) in [6, 6.07) is 0.669. The van der Waals surface area contributed by atoms with Gasteiger partial charge >= 0.3 is 0 Å². The van der Waals surface area contributed by atoms with Crippen molar-refractivity contribution in [3.63, 3.8) is 0 Å². The van der Waals surface area contributed by atoms with Gasteiger partial charge in [0.2, 0.25) is 10.0 Å². The first-order chi connectivity index (χ1) is 12.4. The van der Waals surface area contributed by atoms with Gasteiger partial charge in [0.05, 0.1) is 11.4 Å². The number of guanidine groups is 1. The molecule has 8 nitrogen and oxygen atoms in total. The van der Waals surface area contributed by atoms with E-state index in [-0.39, 0.29) is 29.7 Å². The zero-order chi connectivity index (χ0) is 18.7. The predicted octanol–water partition coefficient (Wildman–Crippen LogP) is 1.14. The molecule has 10 heteroatoms. The number of halogens is 1. The lowest BCUT2D eigenvalue weighted by Gasteiger charge is -2.25. The molecule has 1 atom stereocenters. The van der Waals surface area contributed by atoms with Gasteiger partial charge in [-0.2, -0.15) is 5.10 Å². The molecule has 2 heterocycles. The Morgan fingerprint density at radius 1 is 1.44 bits per heavy atom. The number of rotatable bonds is 5. The van der Waals surface area contributed by atoms with Crippen LogP contribution in [0.2, 0.25) is 0 Å². The maximum Gasteiger partial charge on any atom is 0.214 e. The third-order valence-electron chi connectivity index (χ3n) is 5.05. The Balaban J connectivity index is 0.00000261. The number of sulfonamides is 1. The monoisotopic (exact) mass is 510 g/mol. The summed E-state index contributed by atoms with van der Waals surface area (Å²) in [4.78, 5) is 4.27. The average molecular weight is 510 g/mol. The van der Waals surface area contributed by atoms with E-state index >= 15 is 0 Å². The summed E-state index contributed by atoms with van der Waals surface area (Å²) in [6.45, 7) is 5.94. The number of aliphatic imine (C=N–C) groups is 1. The summed E-state index contributed by atoms with van der Waals surface area (Å²) in [5.74, 6) is 0.992. The molecule has 154 valence electrons. The fraction of sp³-hybridized carbons (Fsp3) is 0.765. The fourth-order valence-corrected chi connectivity index (χ4v) is 5.06. The van der Waals surface area contributed by atoms with Gasteiger partial charge < -0.3 is 10.6 Å². The average Bonchev–Trinajstić information content (AvgIpc) is 3.16. The van der Waals surface area contributed by atoms with Crippen LogP contribution in [0.3, 0.4) is 0 Å². The molecule has 3 rings (SSSR count). The zero-order valence-electron chi connectivity index (χ0n) is 16.3. The van der Waals surface area contributed by atoms with Crippen LogP contribution in [-0.2, 0) is 22.9 Å². The summed E-state index contributed by atoms with van der Waals surface area (Å²) in [6.07, 6.45) is 5.83. The van der Waals surface area contributed by atoms with E-state index in [0.717, 1.165) is 31.6 Å². The van der Waals surface area contributed by atoms with Crippen LogP contribution >= 0.6 is 24.0 Å². The van der Waals surface area contributed by atoms with E-state index < -0.39 is 10.0 Å². The van der Waals surface area contributed by atoms with Crippen LogP contribution in [0.4, 0.5) is 0 Å². The van der Waals surface area contributed by atoms with Gasteiger partial charge in [0.15, 0.2) is 5.96 Å². The third-order valence-corrected chi connectivity index (χ3v) is 7.00. The Morgan fingerprint density at radius 2 is 2.22 bits per heavy atom. The lowest BCUT2D eigenvalue weighted by molar-refractivity contribution is 0.443. The molecule has 1 aromatic heterocycles. The number of nitrogens with zero attached hydrogens (tertiary/aromatic N) is 4. The van der Waals surface area contributed by atoms with Crippen LogP contribution in [-0.4, -0.2) is 66.9 Å². The molecular formula is C17H31IN6O2S. The molecule has 2 aliphatic rings. The molecule has 0 radical (unpaired) electrons. The Labute approximate surface area is 179 Å². The molecule has 1 fully saturated rings. The highest BCUT2D eigenvalue weighted by molar-refractivity contribution is 14.0. The number of nitrogens with one attached hydrogen (secondary N) is 2. The van der Waals surface area contributed by atoms with Crippen LogP contribution < -0.4 is 10.6 Å². The molecule has 1 aliphatic carbocycles. The fourth-order valence-electron chi connectivity index (χ4n) is 3.53. The van der Waals surface area contributed by atoms with Gasteiger partial charge in [0.25, 0.3) is 0 Å². The summed E-state index contributed by atoms with van der Waals surface area (Å²) in [7, 11) is -1.29. The van der Waals surface area contributed by atoms with Crippen molar-refractivity contribution in [2.24, 2.45) is 4.99 Å². The third kappa shape index (κ3) is 5.57. The van der Waals surface area contributed by atoms with Crippen molar-refractivity contribution in [3.05, 3.63) is 17.5 Å². The van der Waals surface area contributed by atoms with Gasteiger partial charge in [0.1, 0.15) is 0 Å². The van der Waals surface area contributed by atoms with E-state index in [4.69, 9.17) is 5.10 Å². The van der Waals surface area contributed by atoms with Crippen LogP contribution in [0.15, 0.2) is 11.2 Å². The van der Waals surface area contributed by atoms with Crippen molar-refractivity contribution in [1.82, 2.24) is 24.7 Å². The predicted molar refractivity (Wildman–Crippen MR) is 118 cm³/mol. The molecule has 0 saturated carbocycles. The summed E-state index contributed by atoms with van der Waals surface area (Å²) >= 11 is 0. The molecule has 2 N–H and O–H groups in total. The standard InChI is InChI=1S/C17H30N6O2S.HI/c1-13(2)23-12-14-5-6-15(11-16(14)21-23)20-17(18-3)19-7-9-22-8-4-10-26(22,24)25;/h12-13,15H,4-11H2,1-3H3,(H2,18,19,20);1H. The van der Waals surface area contributed by atoms with Gasteiger partial charge in [-0.05, 0) is 38.7 Å². The molecule has 27 heavy (non-hydrogen) atoms. The number of hydrogen-bond acceptors (Lipinski definition) is 4. The van der Waals surface area contributed by atoms with Crippen molar-refractivity contribution >= 4 is 40.0 Å². The highest BCUT2D eigenvalue weighted by atomic mass is 127. The van der Waals surface area contributed by atoms with Crippen LogP contribution in [0, 0.1) is 0 Å². The SMILES string of the molecule is CN=C(NCCN1CCCS1(=O)=O)NC1CCc2cn(C(C)C)nc2C1.I. The van der Waals surface area contributed by atoms with Crippen molar-refractivity contribution in [2.45, 2.75) is 51.6 Å². The smallest absolute Gasteiger partial charge is 0.214 e. The van der Waals surface area contributed by atoms with E-state index in [1.807, 2.05) is 4.68 Å². The topological polar surface area (TPSA) is 91.6 Å². The number of aryl methyl sites for hydroxylation is 1. The lowest BCUT2D eigenvalue weighted by atomic mass is 9.94. The second-order valence-electron chi connectivity index (χ2n) is 7.33. The van der Waals surface area contributed by atoms with Crippen molar-refractivity contribution in [1.29, 1.82) is 0 Å². The van der Waals surface area contributed by atoms with Crippen LogP contribution in [0.1, 0.15) is 44.0 Å². The molecule has 0 aromatic carbocycles. The van der Waals surface area contributed by atoms with Crippen molar-refractivity contribution in [3.8, 4) is 0 Å². The van der Waals surface area contributed by atoms with Crippen LogP contribution in [0.5, 0.6) is 0 Å². The molecule has 1 unspecified atom stereocenters. The molecule has 1 aromatic rings. The van der Waals surface area contributed by atoms with E-state index in [9.17, 15) is 8.42 Å². The lowest BCUT2D eigenvalue weighted by Crippen LogP contribution is -2.47. The molecule has 0 amide bonds. The Kier molecular flexibility index (Phi) is 7.93. The van der Waals surface area contributed by atoms with E-state index in [0.29, 0.717) is 31.7 Å². The number of hydrogen-bond donors (Lipinski definition) is 2. The molecule has 1 aliphatic heterocycles. The quantitative estimate of drug-likeness (QED) is 0.352. The first kappa shape index (κ1) is 22.4. The molecule has 0 bridgehead atoms. The van der Waals surface area contributed by atoms with Gasteiger partial charge in [0, 0.05) is 51.4 Å². The minimum atomic E-state index is -3.03. The van der Waals surface area contributed by atoms with E-state index in [1.54, 1.807) is 11.4 Å². The second kappa shape index (κ2) is 9.55. The first-order valence-electron chi connectivity index (χ1n) is 9.41. The summed E-state index contributed by atoms with van der Waals surface area (Å²) < 4.78 is 27.3. The number of fused-ring (bicyclic) bond motifs is 1. The Morgan fingerprint density at radius 3 is 2.85 bits per heavy atom. The highest BCUT2D eigenvalue weighted by Gasteiger charge is 2.27. The minimum Gasteiger partial charge on any atom is -0.355 e. The molecule has 1 saturated heterocycles. The van der Waals surface area contributed by atoms with Gasteiger partial charge in [-0.15, -0.1) is 24.0 Å². The first-order valence-corrected chi connectivity index (χ1v) is 11.0. The van der Waals surface area contributed by atoms with Crippen LogP contribution in [0.25, 0.3) is 0 Å².